The van der Waals surface area contributed by atoms with Gasteiger partial charge in [0.25, 0.3) is 0 Å². The minimum atomic E-state index is -0.294. The molecule has 2 atom stereocenters. The van der Waals surface area contributed by atoms with Gasteiger partial charge in [-0.05, 0) is 30.9 Å². The van der Waals surface area contributed by atoms with Crippen molar-refractivity contribution in [3.05, 3.63) is 34.6 Å². The number of rotatable bonds is 4. The predicted octanol–water partition coefficient (Wildman–Crippen LogP) is 3.51. The van der Waals surface area contributed by atoms with Crippen LogP contribution in [0.3, 0.4) is 0 Å². The molecule has 2 rings (SSSR count). The third-order valence-corrected chi connectivity index (χ3v) is 4.30. The standard InChI is InChI=1S/C15H21ClFNO/c1-11-3-2-6-15(8-11,10-19)18-9-12-4-5-13(16)7-14(12)17/h4-5,7,11,18-19H,2-3,6,8-10H2,1H3. The van der Waals surface area contributed by atoms with E-state index in [1.165, 1.54) is 12.5 Å². The Morgan fingerprint density at radius 2 is 2.32 bits per heavy atom. The average molecular weight is 286 g/mol. The highest BCUT2D eigenvalue weighted by molar-refractivity contribution is 6.30. The second-order valence-electron chi connectivity index (χ2n) is 5.73. The van der Waals surface area contributed by atoms with E-state index in [0.717, 1.165) is 19.3 Å². The molecule has 106 valence electrons. The van der Waals surface area contributed by atoms with Crippen molar-refractivity contribution in [3.8, 4) is 0 Å². The first-order valence-electron chi connectivity index (χ1n) is 6.84. The maximum Gasteiger partial charge on any atom is 0.129 e. The van der Waals surface area contributed by atoms with E-state index in [2.05, 4.69) is 12.2 Å². The van der Waals surface area contributed by atoms with Crippen LogP contribution >= 0.6 is 11.6 Å². The molecule has 0 saturated heterocycles. The van der Waals surface area contributed by atoms with Crippen LogP contribution in [-0.2, 0) is 6.54 Å². The smallest absolute Gasteiger partial charge is 0.129 e. The fraction of sp³-hybridized carbons (Fsp3) is 0.600. The van der Waals surface area contributed by atoms with Crippen LogP contribution in [0, 0.1) is 11.7 Å². The summed E-state index contributed by atoms with van der Waals surface area (Å²) < 4.78 is 13.7. The van der Waals surface area contributed by atoms with Crippen molar-refractivity contribution in [1.82, 2.24) is 5.32 Å². The molecule has 2 N–H and O–H groups in total. The van der Waals surface area contributed by atoms with Gasteiger partial charge in [0.2, 0.25) is 0 Å². The Morgan fingerprint density at radius 3 is 2.95 bits per heavy atom. The largest absolute Gasteiger partial charge is 0.394 e. The highest BCUT2D eigenvalue weighted by Crippen LogP contribution is 2.32. The molecule has 1 aliphatic rings. The molecule has 2 unspecified atom stereocenters. The van der Waals surface area contributed by atoms with Crippen LogP contribution in [-0.4, -0.2) is 17.3 Å². The van der Waals surface area contributed by atoms with Crippen LogP contribution < -0.4 is 5.32 Å². The number of hydrogen-bond donors (Lipinski definition) is 2. The maximum absolute atomic E-state index is 13.7. The molecule has 0 amide bonds. The maximum atomic E-state index is 13.7. The van der Waals surface area contributed by atoms with Gasteiger partial charge in [-0.1, -0.05) is 37.4 Å². The molecule has 1 fully saturated rings. The first-order chi connectivity index (χ1) is 9.04. The fourth-order valence-corrected chi connectivity index (χ4v) is 3.13. The molecule has 2 nitrogen and oxygen atoms in total. The lowest BCUT2D eigenvalue weighted by Crippen LogP contribution is -2.51. The van der Waals surface area contributed by atoms with Gasteiger partial charge in [-0.3, -0.25) is 0 Å². The van der Waals surface area contributed by atoms with Gasteiger partial charge in [0.05, 0.1) is 6.61 Å². The van der Waals surface area contributed by atoms with E-state index in [9.17, 15) is 9.50 Å². The Hall–Kier alpha value is -0.640. The van der Waals surface area contributed by atoms with Gasteiger partial charge in [-0.25, -0.2) is 4.39 Å². The van der Waals surface area contributed by atoms with Crippen LogP contribution in [0.1, 0.15) is 38.2 Å². The fourth-order valence-electron chi connectivity index (χ4n) is 2.97. The summed E-state index contributed by atoms with van der Waals surface area (Å²) in [6.45, 7) is 2.73. The van der Waals surface area contributed by atoms with E-state index < -0.39 is 0 Å². The van der Waals surface area contributed by atoms with E-state index in [0.29, 0.717) is 23.0 Å². The lowest BCUT2D eigenvalue weighted by atomic mass is 9.77. The average Bonchev–Trinajstić information content (AvgIpc) is 2.38. The van der Waals surface area contributed by atoms with Crippen molar-refractivity contribution in [2.75, 3.05) is 6.61 Å². The summed E-state index contributed by atoms with van der Waals surface area (Å²) in [5, 5.41) is 13.4. The van der Waals surface area contributed by atoms with Crippen molar-refractivity contribution in [2.24, 2.45) is 5.92 Å². The molecule has 1 aromatic carbocycles. The Balaban J connectivity index is 2.03. The van der Waals surface area contributed by atoms with E-state index in [1.807, 2.05) is 0 Å². The molecule has 19 heavy (non-hydrogen) atoms. The van der Waals surface area contributed by atoms with E-state index in [1.54, 1.807) is 12.1 Å². The zero-order valence-corrected chi connectivity index (χ0v) is 12.0. The third-order valence-electron chi connectivity index (χ3n) is 4.06. The van der Waals surface area contributed by atoms with Gasteiger partial charge in [0.1, 0.15) is 5.82 Å². The van der Waals surface area contributed by atoms with Gasteiger partial charge in [0, 0.05) is 22.7 Å². The number of hydrogen-bond acceptors (Lipinski definition) is 2. The molecular formula is C15H21ClFNO. The Morgan fingerprint density at radius 1 is 1.53 bits per heavy atom. The monoisotopic (exact) mass is 285 g/mol. The Labute approximate surface area is 119 Å². The van der Waals surface area contributed by atoms with Crippen LogP contribution in [0.5, 0.6) is 0 Å². The van der Waals surface area contributed by atoms with Crippen LogP contribution in [0.2, 0.25) is 5.02 Å². The quantitative estimate of drug-likeness (QED) is 0.887. The van der Waals surface area contributed by atoms with Crippen LogP contribution in [0.25, 0.3) is 0 Å². The van der Waals surface area contributed by atoms with Gasteiger partial charge >= 0.3 is 0 Å². The summed E-state index contributed by atoms with van der Waals surface area (Å²) in [6, 6.07) is 4.71. The molecule has 0 spiro atoms. The zero-order chi connectivity index (χ0) is 13.9. The highest BCUT2D eigenvalue weighted by atomic mass is 35.5. The topological polar surface area (TPSA) is 32.3 Å². The number of nitrogens with one attached hydrogen (secondary N) is 1. The molecule has 0 radical (unpaired) electrons. The molecule has 0 aliphatic heterocycles. The van der Waals surface area contributed by atoms with Crippen molar-refractivity contribution in [1.29, 1.82) is 0 Å². The number of benzene rings is 1. The first kappa shape index (κ1) is 14.8. The van der Waals surface area contributed by atoms with Gasteiger partial charge in [0.15, 0.2) is 0 Å². The normalized spacial score (nSPS) is 27.5. The van der Waals surface area contributed by atoms with Crippen molar-refractivity contribution in [2.45, 2.75) is 44.7 Å². The molecule has 1 aromatic rings. The lowest BCUT2D eigenvalue weighted by Gasteiger charge is -2.39. The minimum absolute atomic E-state index is 0.104. The van der Waals surface area contributed by atoms with Crippen molar-refractivity contribution >= 4 is 11.6 Å². The molecular weight excluding hydrogens is 265 g/mol. The summed E-state index contributed by atoms with van der Waals surface area (Å²) in [6.07, 6.45) is 4.21. The van der Waals surface area contributed by atoms with Gasteiger partial charge in [-0.15, -0.1) is 0 Å². The van der Waals surface area contributed by atoms with E-state index >= 15 is 0 Å². The Kier molecular flexibility index (Phi) is 4.82. The second-order valence-corrected chi connectivity index (χ2v) is 6.17. The van der Waals surface area contributed by atoms with Crippen molar-refractivity contribution in [3.63, 3.8) is 0 Å². The lowest BCUT2D eigenvalue weighted by molar-refractivity contribution is 0.0979. The summed E-state index contributed by atoms with van der Waals surface area (Å²) in [5.41, 5.74) is 0.333. The van der Waals surface area contributed by atoms with E-state index in [4.69, 9.17) is 11.6 Å². The SMILES string of the molecule is CC1CCCC(CO)(NCc2ccc(Cl)cc2F)C1. The first-order valence-corrected chi connectivity index (χ1v) is 7.22. The number of aliphatic hydroxyl groups is 1. The minimum Gasteiger partial charge on any atom is -0.394 e. The van der Waals surface area contributed by atoms with Crippen LogP contribution in [0.15, 0.2) is 18.2 Å². The zero-order valence-electron chi connectivity index (χ0n) is 11.3. The summed E-state index contributed by atoms with van der Waals surface area (Å²) in [4.78, 5) is 0. The third kappa shape index (κ3) is 3.68. The van der Waals surface area contributed by atoms with Crippen LogP contribution in [0.4, 0.5) is 4.39 Å². The highest BCUT2D eigenvalue weighted by Gasteiger charge is 2.33. The molecule has 0 bridgehead atoms. The van der Waals surface area contributed by atoms with Gasteiger partial charge < -0.3 is 10.4 Å². The molecule has 0 heterocycles. The van der Waals surface area contributed by atoms with E-state index in [-0.39, 0.29) is 18.0 Å². The van der Waals surface area contributed by atoms with Gasteiger partial charge in [-0.2, -0.15) is 0 Å². The molecule has 1 saturated carbocycles. The Bertz CT molecular complexity index is 440. The molecule has 4 heteroatoms. The predicted molar refractivity (Wildman–Crippen MR) is 75.7 cm³/mol. The molecule has 1 aliphatic carbocycles. The number of halogens is 2. The van der Waals surface area contributed by atoms with Crippen molar-refractivity contribution < 1.29 is 9.50 Å². The molecule has 0 aromatic heterocycles. The summed E-state index contributed by atoms with van der Waals surface area (Å²) in [5.74, 6) is 0.306. The number of aliphatic hydroxyl groups excluding tert-OH is 1. The summed E-state index contributed by atoms with van der Waals surface area (Å²) >= 11 is 5.74. The summed E-state index contributed by atoms with van der Waals surface area (Å²) in [7, 11) is 0. The second kappa shape index (κ2) is 6.21.